The van der Waals surface area contributed by atoms with Crippen LogP contribution in [-0.2, 0) is 25.0 Å². The minimum atomic E-state index is -1.35. The lowest BCUT2D eigenvalue weighted by Gasteiger charge is -2.31. The van der Waals surface area contributed by atoms with Crippen LogP contribution < -0.4 is 4.72 Å². The lowest BCUT2D eigenvalue weighted by Crippen LogP contribution is -2.42. The molecule has 24 heavy (non-hydrogen) atoms. The molecule has 2 fully saturated rings. The zero-order valence-corrected chi connectivity index (χ0v) is 15.9. The average Bonchev–Trinajstić information content (AvgIpc) is 3.18. The van der Waals surface area contributed by atoms with E-state index in [4.69, 9.17) is 4.18 Å². The Kier molecular flexibility index (Phi) is 8.70. The molecule has 2 saturated carbocycles. The Balaban J connectivity index is 1.68. The van der Waals surface area contributed by atoms with Crippen LogP contribution in [0.2, 0.25) is 0 Å². The number of nitrogens with one attached hydrogen (secondary N) is 1. The van der Waals surface area contributed by atoms with E-state index >= 15 is 0 Å². The third-order valence-electron chi connectivity index (χ3n) is 5.61. The van der Waals surface area contributed by atoms with Gasteiger partial charge in [0.25, 0.3) is 0 Å². The fourth-order valence-corrected chi connectivity index (χ4v) is 5.39. The predicted octanol–water partition coefficient (Wildman–Crippen LogP) is 3.51. The molecule has 2 aliphatic carbocycles. The van der Waals surface area contributed by atoms with Crippen LogP contribution in [0.3, 0.4) is 0 Å². The molecular formula is C18H33NO4S. The van der Waals surface area contributed by atoms with Crippen molar-refractivity contribution < 1.29 is 17.9 Å². The molecule has 2 bridgehead atoms. The van der Waals surface area contributed by atoms with Crippen molar-refractivity contribution >= 4 is 17.2 Å². The van der Waals surface area contributed by atoms with Gasteiger partial charge in [0.05, 0.1) is 13.7 Å². The monoisotopic (exact) mass is 359 g/mol. The Morgan fingerprint density at radius 2 is 1.92 bits per heavy atom. The maximum absolute atomic E-state index is 12.0. The van der Waals surface area contributed by atoms with E-state index in [1.807, 2.05) is 6.92 Å². The first-order valence-corrected chi connectivity index (χ1v) is 10.6. The molecule has 2 aliphatic rings. The SMILES string of the molecule is CCCOS(=O)NC1[C@H]2CC[C@H](C2)[C@H]1CCCCCCC(=O)OC. The Morgan fingerprint density at radius 1 is 1.17 bits per heavy atom. The van der Waals surface area contributed by atoms with Crippen molar-refractivity contribution in [2.75, 3.05) is 13.7 Å². The molecule has 5 nitrogen and oxygen atoms in total. The van der Waals surface area contributed by atoms with Crippen LogP contribution >= 0.6 is 0 Å². The van der Waals surface area contributed by atoms with Gasteiger partial charge in [-0.2, -0.15) is 0 Å². The molecule has 0 aromatic heterocycles. The smallest absolute Gasteiger partial charge is 0.305 e. The quantitative estimate of drug-likeness (QED) is 0.428. The number of carbonyl (C=O) groups excluding carboxylic acids is 1. The molecule has 6 heteroatoms. The summed E-state index contributed by atoms with van der Waals surface area (Å²) in [5.74, 6) is 2.00. The third kappa shape index (κ3) is 5.81. The van der Waals surface area contributed by atoms with Crippen LogP contribution in [0.4, 0.5) is 0 Å². The minimum absolute atomic E-state index is 0.109. The summed E-state index contributed by atoms with van der Waals surface area (Å²) < 4.78 is 25.3. The van der Waals surface area contributed by atoms with Crippen molar-refractivity contribution in [3.63, 3.8) is 0 Å². The van der Waals surface area contributed by atoms with Gasteiger partial charge in [0.1, 0.15) is 0 Å². The van der Waals surface area contributed by atoms with Gasteiger partial charge in [0.15, 0.2) is 0 Å². The van der Waals surface area contributed by atoms with E-state index in [-0.39, 0.29) is 5.97 Å². The molecule has 5 atom stereocenters. The van der Waals surface area contributed by atoms with Gasteiger partial charge < -0.3 is 4.74 Å². The van der Waals surface area contributed by atoms with Gasteiger partial charge in [-0.15, -0.1) is 0 Å². The van der Waals surface area contributed by atoms with Crippen LogP contribution in [-0.4, -0.2) is 29.9 Å². The zero-order valence-electron chi connectivity index (χ0n) is 15.1. The van der Waals surface area contributed by atoms with Gasteiger partial charge in [-0.3, -0.25) is 8.98 Å². The van der Waals surface area contributed by atoms with Crippen molar-refractivity contribution in [2.24, 2.45) is 17.8 Å². The highest BCUT2D eigenvalue weighted by Crippen LogP contribution is 2.50. The molecule has 0 amide bonds. The molecule has 0 heterocycles. The average molecular weight is 360 g/mol. The summed E-state index contributed by atoms with van der Waals surface area (Å²) in [4.78, 5) is 11.1. The van der Waals surface area contributed by atoms with Gasteiger partial charge in [0.2, 0.25) is 11.3 Å². The highest BCUT2D eigenvalue weighted by molar-refractivity contribution is 7.78. The van der Waals surface area contributed by atoms with E-state index in [0.717, 1.165) is 31.6 Å². The van der Waals surface area contributed by atoms with E-state index in [2.05, 4.69) is 9.46 Å². The number of unbranched alkanes of at least 4 members (excludes halogenated alkanes) is 3. The molecule has 0 aromatic carbocycles. The number of esters is 1. The van der Waals surface area contributed by atoms with E-state index < -0.39 is 11.3 Å². The first-order chi connectivity index (χ1) is 11.7. The second-order valence-corrected chi connectivity index (χ2v) is 8.17. The largest absolute Gasteiger partial charge is 0.469 e. The number of rotatable bonds is 12. The van der Waals surface area contributed by atoms with Crippen LogP contribution in [0.15, 0.2) is 0 Å². The first kappa shape index (κ1) is 19.9. The molecule has 1 N–H and O–H groups in total. The molecular weight excluding hydrogens is 326 g/mol. The highest BCUT2D eigenvalue weighted by atomic mass is 32.2. The van der Waals surface area contributed by atoms with Crippen molar-refractivity contribution in [3.8, 4) is 0 Å². The van der Waals surface area contributed by atoms with Crippen molar-refractivity contribution in [1.82, 2.24) is 4.72 Å². The van der Waals surface area contributed by atoms with Crippen LogP contribution in [0.1, 0.15) is 71.1 Å². The Bertz CT molecular complexity index is 418. The molecule has 0 aliphatic heterocycles. The summed E-state index contributed by atoms with van der Waals surface area (Å²) >= 11 is -1.35. The second kappa shape index (κ2) is 10.5. The summed E-state index contributed by atoms with van der Waals surface area (Å²) in [6, 6.07) is 0.358. The van der Waals surface area contributed by atoms with Gasteiger partial charge >= 0.3 is 5.97 Å². The van der Waals surface area contributed by atoms with Crippen LogP contribution in [0.25, 0.3) is 0 Å². The van der Waals surface area contributed by atoms with E-state index in [1.165, 1.54) is 39.2 Å². The lowest BCUT2D eigenvalue weighted by molar-refractivity contribution is -0.140. The maximum atomic E-state index is 12.0. The van der Waals surface area contributed by atoms with Crippen molar-refractivity contribution in [1.29, 1.82) is 0 Å². The summed E-state index contributed by atoms with van der Waals surface area (Å²) in [5, 5.41) is 0. The van der Waals surface area contributed by atoms with Crippen molar-refractivity contribution in [3.05, 3.63) is 0 Å². The molecule has 140 valence electrons. The summed E-state index contributed by atoms with van der Waals surface area (Å²) in [6.07, 6.45) is 10.9. The van der Waals surface area contributed by atoms with E-state index in [9.17, 15) is 9.00 Å². The maximum Gasteiger partial charge on any atom is 0.305 e. The number of hydrogen-bond acceptors (Lipinski definition) is 4. The number of carbonyl (C=O) groups is 1. The number of ether oxygens (including phenoxy) is 1. The second-order valence-electron chi connectivity index (χ2n) is 7.23. The Hall–Kier alpha value is -0.460. The third-order valence-corrected chi connectivity index (χ3v) is 6.46. The first-order valence-electron chi connectivity index (χ1n) is 9.53. The standard InChI is InChI=1S/C18H33NO4S/c1-3-12-23-24(21)19-18-15-11-10-14(13-15)16(18)8-6-4-5-7-9-17(20)22-2/h14-16,18-19H,3-13H2,1-2H3/t14-,15+,16-,18?,24?/m1/s1. The topological polar surface area (TPSA) is 64.6 Å². The fraction of sp³-hybridized carbons (Fsp3) is 0.944. The van der Waals surface area contributed by atoms with E-state index in [1.54, 1.807) is 0 Å². The molecule has 0 aromatic rings. The predicted molar refractivity (Wildman–Crippen MR) is 95.3 cm³/mol. The van der Waals surface area contributed by atoms with Gasteiger partial charge in [-0.25, -0.2) is 8.93 Å². The molecule has 0 radical (unpaired) electrons. The number of methoxy groups -OCH3 is 1. The normalized spacial score (nSPS) is 29.8. The van der Waals surface area contributed by atoms with Crippen molar-refractivity contribution in [2.45, 2.75) is 77.2 Å². The molecule has 0 saturated heterocycles. The number of hydrogen-bond donors (Lipinski definition) is 1. The molecule has 2 unspecified atom stereocenters. The summed E-state index contributed by atoms with van der Waals surface area (Å²) in [7, 11) is 1.44. The van der Waals surface area contributed by atoms with E-state index in [0.29, 0.717) is 30.9 Å². The lowest BCUT2D eigenvalue weighted by atomic mass is 9.81. The van der Waals surface area contributed by atoms with Crippen LogP contribution in [0, 0.1) is 17.8 Å². The highest BCUT2D eigenvalue weighted by Gasteiger charge is 2.47. The number of fused-ring (bicyclic) bond motifs is 2. The Morgan fingerprint density at radius 3 is 2.67 bits per heavy atom. The van der Waals surface area contributed by atoms with Gasteiger partial charge in [-0.1, -0.05) is 26.2 Å². The summed E-state index contributed by atoms with van der Waals surface area (Å²) in [5.41, 5.74) is 0. The molecule has 0 spiro atoms. The molecule has 2 rings (SSSR count). The van der Waals surface area contributed by atoms with Gasteiger partial charge in [0, 0.05) is 12.5 Å². The fourth-order valence-electron chi connectivity index (χ4n) is 4.42. The van der Waals surface area contributed by atoms with Gasteiger partial charge in [-0.05, 0) is 56.3 Å². The minimum Gasteiger partial charge on any atom is -0.469 e. The summed E-state index contributed by atoms with van der Waals surface area (Å²) in [6.45, 7) is 2.57. The van der Waals surface area contributed by atoms with Crippen LogP contribution in [0.5, 0.6) is 0 Å². The Labute approximate surface area is 149 Å². The zero-order chi connectivity index (χ0) is 17.4.